The number of hydrogen-bond donors (Lipinski definition) is 4. The van der Waals surface area contributed by atoms with Crippen molar-refractivity contribution in [3.05, 3.63) is 87.8 Å². The van der Waals surface area contributed by atoms with Gasteiger partial charge in [-0.15, -0.1) is 0 Å². The molecule has 0 saturated heterocycles. The summed E-state index contributed by atoms with van der Waals surface area (Å²) in [5.41, 5.74) is 3.27. The van der Waals surface area contributed by atoms with E-state index in [4.69, 9.17) is 27.6 Å². The zero-order chi connectivity index (χ0) is 26.1. The number of amides is 4. The summed E-state index contributed by atoms with van der Waals surface area (Å²) in [7, 11) is 0. The maximum Gasteiger partial charge on any atom is 0.329 e. The fraction of sp³-hybridized carbons (Fsp3) is 0.125. The lowest BCUT2D eigenvalue weighted by molar-refractivity contribution is -0.139. The van der Waals surface area contributed by atoms with Crippen LogP contribution in [0.5, 0.6) is 0 Å². The number of hydrogen-bond acceptors (Lipinski definition) is 6. The summed E-state index contributed by atoms with van der Waals surface area (Å²) < 4.78 is 5.45. The van der Waals surface area contributed by atoms with Crippen LogP contribution in [-0.4, -0.2) is 29.8 Å². The summed E-state index contributed by atoms with van der Waals surface area (Å²) in [4.78, 5) is 48.0. The molecule has 0 aliphatic carbocycles. The van der Waals surface area contributed by atoms with Gasteiger partial charge < -0.3 is 20.4 Å². The SMILES string of the molecule is C[C@@H](NC(=O)C(=O)N/N=C/c1ccc(CNC(=O)C(=O)Nc2ccc(Cl)c(Cl)c2)o1)c1ccccc1. The molecule has 2 aromatic carbocycles. The fourth-order valence-corrected chi connectivity index (χ4v) is 3.16. The molecule has 0 aliphatic heterocycles. The number of furan rings is 1. The van der Waals surface area contributed by atoms with Crippen LogP contribution in [-0.2, 0) is 25.7 Å². The second kappa shape index (κ2) is 12.5. The number of hydrazone groups is 1. The number of carbonyl (C=O) groups is 4. The van der Waals surface area contributed by atoms with Crippen molar-refractivity contribution in [2.75, 3.05) is 5.32 Å². The van der Waals surface area contributed by atoms with Crippen LogP contribution in [0, 0.1) is 0 Å². The summed E-state index contributed by atoms with van der Waals surface area (Å²) in [6, 6.07) is 16.3. The minimum Gasteiger partial charge on any atom is -0.458 e. The molecule has 36 heavy (non-hydrogen) atoms. The molecule has 10 nitrogen and oxygen atoms in total. The number of rotatable bonds is 7. The van der Waals surface area contributed by atoms with Gasteiger partial charge in [-0.1, -0.05) is 53.5 Å². The minimum atomic E-state index is -0.943. The zero-order valence-corrected chi connectivity index (χ0v) is 20.4. The number of benzene rings is 2. The van der Waals surface area contributed by atoms with Crippen molar-refractivity contribution in [2.45, 2.75) is 19.5 Å². The van der Waals surface area contributed by atoms with Gasteiger partial charge in [0.25, 0.3) is 0 Å². The highest BCUT2D eigenvalue weighted by atomic mass is 35.5. The number of nitrogens with one attached hydrogen (secondary N) is 4. The molecule has 0 fully saturated rings. The van der Waals surface area contributed by atoms with Crippen molar-refractivity contribution in [1.82, 2.24) is 16.1 Å². The van der Waals surface area contributed by atoms with Crippen molar-refractivity contribution in [1.29, 1.82) is 0 Å². The third-order valence-corrected chi connectivity index (χ3v) is 5.44. The molecule has 0 bridgehead atoms. The van der Waals surface area contributed by atoms with Gasteiger partial charge in [-0.3, -0.25) is 19.2 Å². The Morgan fingerprint density at radius 3 is 2.39 bits per heavy atom. The molecule has 1 aromatic heterocycles. The summed E-state index contributed by atoms with van der Waals surface area (Å²) in [5.74, 6) is -3.00. The van der Waals surface area contributed by atoms with E-state index in [1.807, 2.05) is 30.3 Å². The van der Waals surface area contributed by atoms with Crippen LogP contribution in [0.1, 0.15) is 30.0 Å². The molecular weight excluding hydrogens is 509 g/mol. The molecule has 0 aliphatic rings. The largest absolute Gasteiger partial charge is 0.458 e. The third kappa shape index (κ3) is 7.69. The molecule has 4 amide bonds. The number of carbonyl (C=O) groups excluding carboxylic acids is 4. The molecule has 3 aromatic rings. The molecule has 186 valence electrons. The van der Waals surface area contributed by atoms with E-state index in [2.05, 4.69) is 26.5 Å². The van der Waals surface area contributed by atoms with Crippen LogP contribution in [0.3, 0.4) is 0 Å². The monoisotopic (exact) mass is 529 g/mol. The second-order valence-corrected chi connectivity index (χ2v) is 8.19. The fourth-order valence-electron chi connectivity index (χ4n) is 2.86. The lowest BCUT2D eigenvalue weighted by atomic mass is 10.1. The van der Waals surface area contributed by atoms with Crippen LogP contribution in [0.2, 0.25) is 10.0 Å². The quantitative estimate of drug-likeness (QED) is 0.211. The van der Waals surface area contributed by atoms with Crippen molar-refractivity contribution >= 4 is 58.7 Å². The van der Waals surface area contributed by atoms with Crippen molar-refractivity contribution in [3.63, 3.8) is 0 Å². The topological polar surface area (TPSA) is 142 Å². The van der Waals surface area contributed by atoms with Gasteiger partial charge in [-0.2, -0.15) is 5.10 Å². The van der Waals surface area contributed by atoms with Gasteiger partial charge in [0.2, 0.25) is 0 Å². The Kier molecular flexibility index (Phi) is 9.20. The van der Waals surface area contributed by atoms with Gasteiger partial charge in [0.15, 0.2) is 0 Å². The van der Waals surface area contributed by atoms with E-state index < -0.39 is 23.6 Å². The minimum absolute atomic E-state index is 0.0758. The molecule has 0 saturated carbocycles. The normalized spacial score (nSPS) is 11.5. The Bertz CT molecular complexity index is 1290. The first-order valence-corrected chi connectivity index (χ1v) is 11.3. The molecule has 0 radical (unpaired) electrons. The average Bonchev–Trinajstić information content (AvgIpc) is 3.32. The molecule has 12 heteroatoms. The summed E-state index contributed by atoms with van der Waals surface area (Å²) in [6.07, 6.45) is 1.19. The van der Waals surface area contributed by atoms with Gasteiger partial charge in [0.05, 0.1) is 28.8 Å². The predicted octanol–water partition coefficient (Wildman–Crippen LogP) is 3.17. The van der Waals surface area contributed by atoms with Crippen molar-refractivity contribution in [3.8, 4) is 0 Å². The van der Waals surface area contributed by atoms with E-state index in [0.29, 0.717) is 16.5 Å². The average molecular weight is 530 g/mol. The zero-order valence-electron chi connectivity index (χ0n) is 18.9. The Hall–Kier alpha value is -4.15. The molecule has 3 rings (SSSR count). The second-order valence-electron chi connectivity index (χ2n) is 7.37. The van der Waals surface area contributed by atoms with Crippen LogP contribution in [0.4, 0.5) is 5.69 Å². The van der Waals surface area contributed by atoms with Crippen LogP contribution in [0.25, 0.3) is 0 Å². The van der Waals surface area contributed by atoms with Crippen LogP contribution >= 0.6 is 23.2 Å². The lowest BCUT2D eigenvalue weighted by Gasteiger charge is -2.13. The summed E-state index contributed by atoms with van der Waals surface area (Å²) in [5, 5.41) is 11.6. The molecule has 4 N–H and O–H groups in total. The van der Waals surface area contributed by atoms with E-state index in [1.54, 1.807) is 13.0 Å². The molecule has 1 atom stereocenters. The van der Waals surface area contributed by atoms with E-state index >= 15 is 0 Å². The van der Waals surface area contributed by atoms with Gasteiger partial charge in [-0.05, 0) is 42.8 Å². The molecule has 0 unspecified atom stereocenters. The van der Waals surface area contributed by atoms with Crippen molar-refractivity contribution < 1.29 is 23.6 Å². The Balaban J connectivity index is 1.42. The Morgan fingerprint density at radius 1 is 0.917 bits per heavy atom. The van der Waals surface area contributed by atoms with Gasteiger partial charge in [-0.25, -0.2) is 5.43 Å². The predicted molar refractivity (Wildman–Crippen MR) is 134 cm³/mol. The van der Waals surface area contributed by atoms with Crippen LogP contribution in [0.15, 0.2) is 70.2 Å². The summed E-state index contributed by atoms with van der Waals surface area (Å²) in [6.45, 7) is 1.68. The first kappa shape index (κ1) is 26.5. The number of nitrogens with zero attached hydrogens (tertiary/aromatic N) is 1. The highest BCUT2D eigenvalue weighted by molar-refractivity contribution is 6.43. The van der Waals surface area contributed by atoms with Crippen LogP contribution < -0.4 is 21.4 Å². The highest BCUT2D eigenvalue weighted by Crippen LogP contribution is 2.24. The van der Waals surface area contributed by atoms with E-state index in [9.17, 15) is 19.2 Å². The Morgan fingerprint density at radius 2 is 1.67 bits per heavy atom. The first-order chi connectivity index (χ1) is 17.2. The lowest BCUT2D eigenvalue weighted by Crippen LogP contribution is -2.39. The molecular formula is C24H21Cl2N5O5. The highest BCUT2D eigenvalue weighted by Gasteiger charge is 2.17. The van der Waals surface area contributed by atoms with Gasteiger partial charge in [0, 0.05) is 5.69 Å². The summed E-state index contributed by atoms with van der Waals surface area (Å²) >= 11 is 11.7. The van der Waals surface area contributed by atoms with Crippen molar-refractivity contribution in [2.24, 2.45) is 5.10 Å². The number of anilines is 1. The molecule has 0 spiro atoms. The maximum atomic E-state index is 12.0. The number of halogens is 2. The smallest absolute Gasteiger partial charge is 0.329 e. The molecule has 1 heterocycles. The van der Waals surface area contributed by atoms with Gasteiger partial charge in [0.1, 0.15) is 11.5 Å². The van der Waals surface area contributed by atoms with E-state index in [0.717, 1.165) is 5.56 Å². The third-order valence-electron chi connectivity index (χ3n) is 4.70. The van der Waals surface area contributed by atoms with Gasteiger partial charge >= 0.3 is 23.6 Å². The van der Waals surface area contributed by atoms with E-state index in [-0.39, 0.29) is 23.4 Å². The Labute approximate surface area is 216 Å². The maximum absolute atomic E-state index is 12.0. The van der Waals surface area contributed by atoms with E-state index in [1.165, 1.54) is 30.5 Å². The standard InChI is InChI=1S/C24H21Cl2N5O5/c1-14(15-5-3-2-4-6-15)29-23(34)24(35)31-28-13-18-9-8-17(36-18)12-27-21(32)22(33)30-16-7-10-19(25)20(26)11-16/h2-11,13-14H,12H2,1H3,(H,27,32)(H,29,34)(H,30,33)(H,31,35)/b28-13+/t14-/m1/s1. The first-order valence-electron chi connectivity index (χ1n) is 10.5.